The molecule has 1 unspecified atom stereocenters. The van der Waals surface area contributed by atoms with Crippen molar-refractivity contribution in [2.24, 2.45) is 5.92 Å². The molecule has 0 radical (unpaired) electrons. The molecule has 0 N–H and O–H groups in total. The minimum atomic E-state index is -1.22. The normalized spacial score (nSPS) is 21.1. The number of imide groups is 1. The lowest BCUT2D eigenvalue weighted by Gasteiger charge is -2.28. The topological polar surface area (TPSA) is 57.7 Å². The van der Waals surface area contributed by atoms with Gasteiger partial charge >= 0.3 is 0 Å². The van der Waals surface area contributed by atoms with Crippen LogP contribution in [0.3, 0.4) is 0 Å². The van der Waals surface area contributed by atoms with Crippen molar-refractivity contribution >= 4 is 40.5 Å². The third kappa shape index (κ3) is 4.47. The first-order valence-electron chi connectivity index (χ1n) is 11.4. The molecule has 3 fully saturated rings. The van der Waals surface area contributed by atoms with Crippen molar-refractivity contribution in [1.82, 2.24) is 4.90 Å². The maximum absolute atomic E-state index is 14.6. The monoisotopic (exact) mass is 464 g/mol. The van der Waals surface area contributed by atoms with Gasteiger partial charge in [-0.25, -0.2) is 4.39 Å². The van der Waals surface area contributed by atoms with Gasteiger partial charge in [-0.05, 0) is 73.7 Å². The zero-order valence-electron chi connectivity index (χ0n) is 18.2. The highest BCUT2D eigenvalue weighted by Gasteiger charge is 2.47. The van der Waals surface area contributed by atoms with Crippen molar-refractivity contribution in [1.29, 1.82) is 0 Å². The van der Waals surface area contributed by atoms with Crippen LogP contribution in [0.4, 0.5) is 14.9 Å². The van der Waals surface area contributed by atoms with Crippen molar-refractivity contribution in [2.75, 3.05) is 18.0 Å². The zero-order valence-corrected chi connectivity index (χ0v) is 19.0. The molecule has 2 aromatic carbocycles. The molecule has 2 amide bonds. The highest BCUT2D eigenvalue weighted by molar-refractivity contribution is 8.18. The average molecular weight is 465 g/mol. The van der Waals surface area contributed by atoms with Crippen LogP contribution in [0, 0.1) is 11.7 Å². The van der Waals surface area contributed by atoms with Gasteiger partial charge in [0.15, 0.2) is 5.78 Å². The highest BCUT2D eigenvalue weighted by atomic mass is 32.2. The average Bonchev–Trinajstić information content (AvgIpc) is 3.65. The molecule has 0 spiro atoms. The molecule has 1 atom stereocenters. The fraction of sp³-hybridized carbons (Fsp3) is 0.346. The molecule has 5 rings (SSSR count). The van der Waals surface area contributed by atoms with Gasteiger partial charge in [0.2, 0.25) is 0 Å². The Kier molecular flexibility index (Phi) is 6.06. The summed E-state index contributed by atoms with van der Waals surface area (Å²) < 4.78 is 14.6. The molecular formula is C26H25FN2O3S. The molecule has 170 valence electrons. The Balaban J connectivity index is 1.41. The summed E-state index contributed by atoms with van der Waals surface area (Å²) in [7, 11) is 0. The van der Waals surface area contributed by atoms with Crippen molar-refractivity contribution < 1.29 is 18.8 Å². The van der Waals surface area contributed by atoms with Crippen LogP contribution in [0.25, 0.3) is 6.08 Å². The zero-order chi connectivity index (χ0) is 22.9. The minimum Gasteiger partial charge on any atom is -0.372 e. The van der Waals surface area contributed by atoms with Gasteiger partial charge in [-0.15, -0.1) is 0 Å². The van der Waals surface area contributed by atoms with Gasteiger partial charge < -0.3 is 4.90 Å². The van der Waals surface area contributed by atoms with E-state index in [-0.39, 0.29) is 22.2 Å². The van der Waals surface area contributed by atoms with E-state index < -0.39 is 23.0 Å². The lowest BCUT2D eigenvalue weighted by molar-refractivity contribution is -0.133. The molecule has 0 aromatic heterocycles. The summed E-state index contributed by atoms with van der Waals surface area (Å²) in [6, 6.07) is 12.6. The van der Waals surface area contributed by atoms with Gasteiger partial charge in [-0.2, -0.15) is 0 Å². The van der Waals surface area contributed by atoms with Crippen molar-refractivity contribution in [3.05, 3.63) is 70.4 Å². The number of Topliss-reactive ketones (excluding diaryl/α,β-unsaturated/α-hetero) is 1. The van der Waals surface area contributed by atoms with Crippen LogP contribution < -0.4 is 4.90 Å². The molecule has 1 saturated carbocycles. The van der Waals surface area contributed by atoms with Gasteiger partial charge in [0, 0.05) is 30.3 Å². The SMILES string of the molecule is O=C(C1CC1)C(c1ccccc1F)N1C(=O)S/C(=C\c2ccc(N3CCCCC3)cc2)C1=O. The van der Waals surface area contributed by atoms with Gasteiger partial charge in [0.1, 0.15) is 11.9 Å². The van der Waals surface area contributed by atoms with Crippen LogP contribution >= 0.6 is 11.8 Å². The Hall–Kier alpha value is -2.93. The first-order chi connectivity index (χ1) is 16.0. The third-order valence-electron chi connectivity index (χ3n) is 6.44. The lowest BCUT2D eigenvalue weighted by atomic mass is 9.97. The number of hydrogen-bond acceptors (Lipinski definition) is 5. The van der Waals surface area contributed by atoms with Crippen LogP contribution in [-0.2, 0) is 9.59 Å². The number of ketones is 1. The summed E-state index contributed by atoms with van der Waals surface area (Å²) in [5.74, 6) is -1.63. The summed E-state index contributed by atoms with van der Waals surface area (Å²) >= 11 is 0.801. The highest BCUT2D eigenvalue weighted by Crippen LogP contribution is 2.43. The number of amides is 2. The third-order valence-corrected chi connectivity index (χ3v) is 7.33. The van der Waals surface area contributed by atoms with E-state index in [1.807, 2.05) is 24.3 Å². The van der Waals surface area contributed by atoms with Crippen molar-refractivity contribution in [3.8, 4) is 0 Å². The van der Waals surface area contributed by atoms with E-state index in [9.17, 15) is 18.8 Å². The number of benzene rings is 2. The maximum Gasteiger partial charge on any atom is 0.294 e. The van der Waals surface area contributed by atoms with Crippen LogP contribution in [0.15, 0.2) is 53.4 Å². The summed E-state index contributed by atoms with van der Waals surface area (Å²) in [5, 5.41) is -0.543. The summed E-state index contributed by atoms with van der Waals surface area (Å²) in [5.41, 5.74) is 2.02. The molecule has 2 heterocycles. The molecule has 0 bridgehead atoms. The summed E-state index contributed by atoms with van der Waals surface area (Å²) in [4.78, 5) is 42.7. The Morgan fingerprint density at radius 1 is 1.00 bits per heavy atom. The Bertz CT molecular complexity index is 1120. The van der Waals surface area contributed by atoms with E-state index in [1.165, 1.54) is 37.5 Å². The van der Waals surface area contributed by atoms with E-state index in [0.717, 1.165) is 41.0 Å². The second-order valence-electron chi connectivity index (χ2n) is 8.79. The molecule has 2 aliphatic heterocycles. The van der Waals surface area contributed by atoms with E-state index in [1.54, 1.807) is 12.1 Å². The second kappa shape index (κ2) is 9.14. The number of carbonyl (C=O) groups is 3. The van der Waals surface area contributed by atoms with Crippen LogP contribution in [0.2, 0.25) is 0 Å². The van der Waals surface area contributed by atoms with Gasteiger partial charge in [0.25, 0.3) is 11.1 Å². The molecular weight excluding hydrogens is 439 g/mol. The molecule has 5 nitrogen and oxygen atoms in total. The first-order valence-corrected chi connectivity index (χ1v) is 12.2. The molecule has 2 saturated heterocycles. The number of piperidine rings is 1. The number of anilines is 1. The van der Waals surface area contributed by atoms with Crippen LogP contribution in [-0.4, -0.2) is 34.9 Å². The Labute approximate surface area is 196 Å². The number of carbonyl (C=O) groups excluding carboxylic acids is 3. The van der Waals surface area contributed by atoms with E-state index in [0.29, 0.717) is 12.8 Å². The van der Waals surface area contributed by atoms with Gasteiger partial charge in [-0.1, -0.05) is 30.3 Å². The summed E-state index contributed by atoms with van der Waals surface area (Å²) in [6.07, 6.45) is 6.74. The van der Waals surface area contributed by atoms with E-state index >= 15 is 0 Å². The predicted molar refractivity (Wildman–Crippen MR) is 127 cm³/mol. The van der Waals surface area contributed by atoms with E-state index in [2.05, 4.69) is 4.90 Å². The molecule has 1 aliphatic carbocycles. The van der Waals surface area contributed by atoms with Crippen LogP contribution in [0.1, 0.15) is 49.3 Å². The minimum absolute atomic E-state index is 0.0730. The van der Waals surface area contributed by atoms with Gasteiger partial charge in [-0.3, -0.25) is 19.3 Å². The predicted octanol–water partition coefficient (Wildman–Crippen LogP) is 5.57. The first kappa shape index (κ1) is 21.9. The fourth-order valence-electron chi connectivity index (χ4n) is 4.49. The number of hydrogen-bond donors (Lipinski definition) is 0. The lowest BCUT2D eigenvalue weighted by Crippen LogP contribution is -2.38. The fourth-order valence-corrected chi connectivity index (χ4v) is 5.35. The summed E-state index contributed by atoms with van der Waals surface area (Å²) in [6.45, 7) is 2.09. The van der Waals surface area contributed by atoms with Crippen molar-refractivity contribution in [2.45, 2.75) is 38.1 Å². The van der Waals surface area contributed by atoms with Crippen LogP contribution in [0.5, 0.6) is 0 Å². The Morgan fingerprint density at radius 2 is 1.70 bits per heavy atom. The molecule has 33 heavy (non-hydrogen) atoms. The molecule has 3 aliphatic rings. The molecule has 2 aromatic rings. The van der Waals surface area contributed by atoms with E-state index in [4.69, 9.17) is 0 Å². The number of thioether (sulfide) groups is 1. The maximum atomic E-state index is 14.6. The second-order valence-corrected chi connectivity index (χ2v) is 9.78. The number of rotatable bonds is 6. The smallest absolute Gasteiger partial charge is 0.294 e. The van der Waals surface area contributed by atoms with Gasteiger partial charge in [0.05, 0.1) is 4.91 Å². The quantitative estimate of drug-likeness (QED) is 0.523. The Morgan fingerprint density at radius 3 is 2.36 bits per heavy atom. The number of nitrogens with zero attached hydrogens (tertiary/aromatic N) is 2. The number of halogens is 1. The standard InChI is InChI=1S/C26H25FN2O3S/c27-21-7-3-2-6-20(21)23(24(30)18-10-11-18)29-25(31)22(33-26(29)32)16-17-8-12-19(13-9-17)28-14-4-1-5-15-28/h2-3,6-9,12-13,16,18,23H,1,4-5,10-11,14-15H2/b22-16-. The van der Waals surface area contributed by atoms with Crippen molar-refractivity contribution in [3.63, 3.8) is 0 Å². The molecule has 7 heteroatoms. The largest absolute Gasteiger partial charge is 0.372 e.